The molecule has 3 aromatic rings. The van der Waals surface area contributed by atoms with E-state index in [9.17, 15) is 4.79 Å². The fraction of sp³-hybridized carbons (Fsp3) is 0.158. The van der Waals surface area contributed by atoms with Crippen LogP contribution >= 0.6 is 23.4 Å². The van der Waals surface area contributed by atoms with Gasteiger partial charge < -0.3 is 20.6 Å². The topological polar surface area (TPSA) is 129 Å². The van der Waals surface area contributed by atoms with Crippen LogP contribution in [0.25, 0.3) is 0 Å². The summed E-state index contributed by atoms with van der Waals surface area (Å²) in [5.41, 5.74) is 4.10. The molecule has 0 saturated heterocycles. The number of ether oxygens (including phenoxy) is 2. The third kappa shape index (κ3) is 6.03. The van der Waals surface area contributed by atoms with Gasteiger partial charge in [0.15, 0.2) is 11.5 Å². The quantitative estimate of drug-likeness (QED) is 0.192. The normalized spacial score (nSPS) is 10.8. The molecular weight excluding hydrogens is 442 g/mol. The van der Waals surface area contributed by atoms with Crippen LogP contribution in [0.2, 0.25) is 5.02 Å². The molecule has 10 nitrogen and oxygen atoms in total. The number of amides is 1. The summed E-state index contributed by atoms with van der Waals surface area (Å²) in [5, 5.41) is 15.6. The third-order valence-corrected chi connectivity index (χ3v) is 5.07. The molecule has 0 spiro atoms. The van der Waals surface area contributed by atoms with Crippen molar-refractivity contribution in [1.29, 1.82) is 0 Å². The van der Waals surface area contributed by atoms with Crippen LogP contribution in [-0.4, -0.2) is 47.0 Å². The molecule has 4 N–H and O–H groups in total. The summed E-state index contributed by atoms with van der Waals surface area (Å²) in [6.45, 7) is 0. The summed E-state index contributed by atoms with van der Waals surface area (Å²) < 4.78 is 11.7. The van der Waals surface area contributed by atoms with Gasteiger partial charge in [0.1, 0.15) is 0 Å². The van der Waals surface area contributed by atoms with E-state index in [-0.39, 0.29) is 17.6 Å². The standard InChI is InChI=1S/C19H20ClN7O3S/c1-29-15-7-6-12(8-16(15)30-2)10-22-24-18-25-26-19(27(18)21)31-11-17(28)23-14-5-3-4-13(20)9-14/h3-10H,11,21H2,1-2H3,(H,23,28)(H,24,25)/b22-10+. The molecule has 162 valence electrons. The van der Waals surface area contributed by atoms with E-state index in [1.807, 2.05) is 6.07 Å². The first kappa shape index (κ1) is 22.2. The van der Waals surface area contributed by atoms with Gasteiger partial charge in [-0.1, -0.05) is 29.4 Å². The van der Waals surface area contributed by atoms with Crippen LogP contribution < -0.4 is 26.1 Å². The van der Waals surface area contributed by atoms with Crippen molar-refractivity contribution < 1.29 is 14.3 Å². The molecular formula is C19H20ClN7O3S. The number of nitrogens with two attached hydrogens (primary N) is 1. The lowest BCUT2D eigenvalue weighted by Crippen LogP contribution is -2.16. The van der Waals surface area contributed by atoms with Crippen LogP contribution in [0.1, 0.15) is 5.56 Å². The number of rotatable bonds is 9. The van der Waals surface area contributed by atoms with Crippen molar-refractivity contribution in [3.8, 4) is 11.5 Å². The second-order valence-electron chi connectivity index (χ2n) is 6.01. The van der Waals surface area contributed by atoms with Crippen LogP contribution in [0.5, 0.6) is 11.5 Å². The molecule has 0 saturated carbocycles. The predicted molar refractivity (Wildman–Crippen MR) is 122 cm³/mol. The van der Waals surface area contributed by atoms with Gasteiger partial charge in [0.2, 0.25) is 11.1 Å². The number of nitrogens with one attached hydrogen (secondary N) is 2. The molecule has 0 aliphatic heterocycles. The van der Waals surface area contributed by atoms with Crippen molar-refractivity contribution in [2.45, 2.75) is 5.16 Å². The molecule has 0 bridgehead atoms. The van der Waals surface area contributed by atoms with Gasteiger partial charge in [0, 0.05) is 10.7 Å². The van der Waals surface area contributed by atoms with E-state index < -0.39 is 0 Å². The van der Waals surface area contributed by atoms with Crippen molar-refractivity contribution >= 4 is 47.1 Å². The SMILES string of the molecule is COc1ccc(/C=N/Nc2nnc(SCC(=O)Nc3cccc(Cl)c3)n2N)cc1OC. The summed E-state index contributed by atoms with van der Waals surface area (Å²) in [6, 6.07) is 12.3. The Morgan fingerprint density at radius 3 is 2.77 bits per heavy atom. The number of nitrogen functional groups attached to an aromatic ring is 1. The lowest BCUT2D eigenvalue weighted by molar-refractivity contribution is -0.113. The predicted octanol–water partition coefficient (Wildman–Crippen LogP) is 2.84. The Kier molecular flexibility index (Phi) is 7.57. The number of carbonyl (C=O) groups is 1. The minimum atomic E-state index is -0.226. The molecule has 1 aromatic heterocycles. The first-order valence-corrected chi connectivity index (χ1v) is 10.3. The number of methoxy groups -OCH3 is 2. The first-order valence-electron chi connectivity index (χ1n) is 8.90. The second kappa shape index (κ2) is 10.5. The minimum absolute atomic E-state index is 0.0940. The smallest absolute Gasteiger partial charge is 0.264 e. The van der Waals surface area contributed by atoms with E-state index >= 15 is 0 Å². The maximum Gasteiger partial charge on any atom is 0.264 e. The van der Waals surface area contributed by atoms with Crippen molar-refractivity contribution in [1.82, 2.24) is 14.9 Å². The van der Waals surface area contributed by atoms with E-state index in [2.05, 4.69) is 26.0 Å². The third-order valence-electron chi connectivity index (χ3n) is 3.89. The lowest BCUT2D eigenvalue weighted by Gasteiger charge is -2.07. The Morgan fingerprint density at radius 2 is 2.03 bits per heavy atom. The van der Waals surface area contributed by atoms with E-state index in [4.69, 9.17) is 26.9 Å². The number of hydrogen-bond acceptors (Lipinski definition) is 9. The summed E-state index contributed by atoms with van der Waals surface area (Å²) >= 11 is 7.04. The van der Waals surface area contributed by atoms with Crippen LogP contribution in [0.15, 0.2) is 52.7 Å². The number of halogens is 1. The molecule has 31 heavy (non-hydrogen) atoms. The summed E-state index contributed by atoms with van der Waals surface area (Å²) in [5.74, 6) is 7.27. The average molecular weight is 462 g/mol. The Hall–Kier alpha value is -3.44. The minimum Gasteiger partial charge on any atom is -0.493 e. The second-order valence-corrected chi connectivity index (χ2v) is 7.39. The molecule has 12 heteroatoms. The molecule has 0 fully saturated rings. The molecule has 0 atom stereocenters. The largest absolute Gasteiger partial charge is 0.493 e. The van der Waals surface area contributed by atoms with Crippen LogP contribution in [-0.2, 0) is 4.79 Å². The number of nitrogens with zero attached hydrogens (tertiary/aromatic N) is 4. The van der Waals surface area contributed by atoms with E-state index in [0.29, 0.717) is 27.4 Å². The monoisotopic (exact) mass is 461 g/mol. The van der Waals surface area contributed by atoms with Crippen LogP contribution in [0, 0.1) is 0 Å². The molecule has 1 amide bonds. The van der Waals surface area contributed by atoms with Crippen molar-refractivity contribution in [2.24, 2.45) is 5.10 Å². The maximum atomic E-state index is 12.1. The highest BCUT2D eigenvalue weighted by molar-refractivity contribution is 7.99. The summed E-state index contributed by atoms with van der Waals surface area (Å²) in [6.07, 6.45) is 1.57. The maximum absolute atomic E-state index is 12.1. The van der Waals surface area contributed by atoms with E-state index in [1.165, 1.54) is 4.68 Å². The molecule has 2 aromatic carbocycles. The number of hydrazone groups is 1. The molecule has 0 aliphatic carbocycles. The Balaban J connectivity index is 1.55. The lowest BCUT2D eigenvalue weighted by atomic mass is 10.2. The van der Waals surface area contributed by atoms with Gasteiger partial charge in [-0.2, -0.15) is 5.10 Å². The zero-order chi connectivity index (χ0) is 22.2. The molecule has 0 radical (unpaired) electrons. The van der Waals surface area contributed by atoms with Crippen molar-refractivity contribution in [3.05, 3.63) is 53.1 Å². The van der Waals surface area contributed by atoms with Crippen LogP contribution in [0.3, 0.4) is 0 Å². The Labute approximate surface area is 187 Å². The Bertz CT molecular complexity index is 1090. The van der Waals surface area contributed by atoms with E-state index in [1.54, 1.807) is 56.8 Å². The number of anilines is 2. The molecule has 3 rings (SSSR count). The fourth-order valence-corrected chi connectivity index (χ4v) is 3.29. The van der Waals surface area contributed by atoms with Gasteiger partial charge in [0.25, 0.3) is 5.95 Å². The highest BCUT2D eigenvalue weighted by atomic mass is 35.5. The highest BCUT2D eigenvalue weighted by Crippen LogP contribution is 2.27. The first-order chi connectivity index (χ1) is 15.0. The van der Waals surface area contributed by atoms with Gasteiger partial charge in [-0.15, -0.1) is 10.2 Å². The average Bonchev–Trinajstić information content (AvgIpc) is 3.11. The molecule has 1 heterocycles. The number of hydrogen-bond donors (Lipinski definition) is 3. The van der Waals surface area contributed by atoms with Crippen LogP contribution in [0.4, 0.5) is 11.6 Å². The van der Waals surface area contributed by atoms with Gasteiger partial charge in [-0.3, -0.25) is 4.79 Å². The zero-order valence-corrected chi connectivity index (χ0v) is 18.3. The number of carbonyl (C=O) groups excluding carboxylic acids is 1. The van der Waals surface area contributed by atoms with E-state index in [0.717, 1.165) is 17.3 Å². The molecule has 0 unspecified atom stereocenters. The van der Waals surface area contributed by atoms with Crippen molar-refractivity contribution in [3.63, 3.8) is 0 Å². The zero-order valence-electron chi connectivity index (χ0n) is 16.7. The van der Waals surface area contributed by atoms with Gasteiger partial charge in [-0.25, -0.2) is 10.1 Å². The molecule has 0 aliphatic rings. The number of benzene rings is 2. The fourth-order valence-electron chi connectivity index (χ4n) is 2.44. The van der Waals surface area contributed by atoms with Gasteiger partial charge in [0.05, 0.1) is 26.2 Å². The van der Waals surface area contributed by atoms with Gasteiger partial charge >= 0.3 is 0 Å². The van der Waals surface area contributed by atoms with Gasteiger partial charge in [-0.05, 0) is 42.0 Å². The highest BCUT2D eigenvalue weighted by Gasteiger charge is 2.12. The summed E-state index contributed by atoms with van der Waals surface area (Å²) in [7, 11) is 3.13. The van der Waals surface area contributed by atoms with Crippen molar-refractivity contribution in [2.75, 3.05) is 36.6 Å². The Morgan fingerprint density at radius 1 is 1.23 bits per heavy atom. The number of thioether (sulfide) groups is 1. The number of aromatic nitrogens is 3. The summed E-state index contributed by atoms with van der Waals surface area (Å²) in [4.78, 5) is 12.1.